The molecule has 0 radical (unpaired) electrons. The molecule has 0 unspecified atom stereocenters. The van der Waals surface area contributed by atoms with Gasteiger partial charge >= 0.3 is 0 Å². The molecule has 162 valence electrons. The first-order chi connectivity index (χ1) is 14.6. The number of hydrogen-bond donors (Lipinski definition) is 0. The van der Waals surface area contributed by atoms with E-state index >= 15 is 0 Å². The number of rotatable bonds is 6. The van der Waals surface area contributed by atoms with Crippen molar-refractivity contribution in [1.82, 2.24) is 14.7 Å². The van der Waals surface area contributed by atoms with E-state index in [9.17, 15) is 4.79 Å². The Morgan fingerprint density at radius 2 is 1.80 bits per heavy atom. The molecule has 30 heavy (non-hydrogen) atoms. The first-order valence-electron chi connectivity index (χ1n) is 11.0. The lowest BCUT2D eigenvalue weighted by Crippen LogP contribution is -2.45. The molecule has 2 aliphatic rings. The number of aryl methyl sites for hydroxylation is 1. The lowest BCUT2D eigenvalue weighted by molar-refractivity contribution is 0.0308. The number of furan rings is 1. The molecule has 0 atom stereocenters. The van der Waals surface area contributed by atoms with Gasteiger partial charge in [0, 0.05) is 44.3 Å². The first kappa shape index (κ1) is 21.1. The van der Waals surface area contributed by atoms with E-state index in [4.69, 9.17) is 9.15 Å². The van der Waals surface area contributed by atoms with Crippen LogP contribution >= 0.6 is 0 Å². The van der Waals surface area contributed by atoms with Gasteiger partial charge in [-0.2, -0.15) is 0 Å². The van der Waals surface area contributed by atoms with Gasteiger partial charge in [0.1, 0.15) is 5.76 Å². The average molecular weight is 412 g/mol. The van der Waals surface area contributed by atoms with Crippen molar-refractivity contribution in [1.29, 1.82) is 0 Å². The largest absolute Gasteiger partial charge is 0.454 e. The van der Waals surface area contributed by atoms with Crippen LogP contribution < -0.4 is 0 Å². The second-order valence-corrected chi connectivity index (χ2v) is 8.54. The van der Waals surface area contributed by atoms with Gasteiger partial charge in [0.2, 0.25) is 0 Å². The van der Waals surface area contributed by atoms with Crippen molar-refractivity contribution in [3.63, 3.8) is 0 Å². The van der Waals surface area contributed by atoms with Gasteiger partial charge in [-0.25, -0.2) is 0 Å². The predicted molar refractivity (Wildman–Crippen MR) is 116 cm³/mol. The van der Waals surface area contributed by atoms with E-state index in [0.717, 1.165) is 76.6 Å². The molecule has 4 rings (SSSR count). The quantitative estimate of drug-likeness (QED) is 0.731. The smallest absolute Gasteiger partial charge is 0.289 e. The highest BCUT2D eigenvalue weighted by atomic mass is 16.5. The molecular weight excluding hydrogens is 378 g/mol. The summed E-state index contributed by atoms with van der Waals surface area (Å²) in [6, 6.07) is 13.1. The van der Waals surface area contributed by atoms with Gasteiger partial charge in [0.15, 0.2) is 5.76 Å². The van der Waals surface area contributed by atoms with Crippen molar-refractivity contribution in [3.05, 3.63) is 59.0 Å². The van der Waals surface area contributed by atoms with Gasteiger partial charge in [-0.05, 0) is 38.4 Å². The highest BCUT2D eigenvalue weighted by Crippen LogP contribution is 2.23. The number of likely N-dealkylation sites (tertiary alicyclic amines) is 1. The normalized spacial score (nSPS) is 18.8. The summed E-state index contributed by atoms with van der Waals surface area (Å²) in [6.45, 7) is 8.56. The Labute approximate surface area is 179 Å². The third kappa shape index (κ3) is 5.12. The molecule has 0 N–H and O–H groups in total. The highest BCUT2D eigenvalue weighted by molar-refractivity contribution is 5.93. The Kier molecular flexibility index (Phi) is 6.87. The van der Waals surface area contributed by atoms with Gasteiger partial charge in [-0.3, -0.25) is 14.6 Å². The number of carbonyl (C=O) groups is 1. The molecule has 0 spiro atoms. The summed E-state index contributed by atoms with van der Waals surface area (Å²) in [5, 5.41) is 0. The third-order valence-corrected chi connectivity index (χ3v) is 6.30. The van der Waals surface area contributed by atoms with Crippen molar-refractivity contribution in [2.45, 2.75) is 38.9 Å². The van der Waals surface area contributed by atoms with E-state index in [1.54, 1.807) is 0 Å². The summed E-state index contributed by atoms with van der Waals surface area (Å²) in [6.07, 6.45) is 1.99. The molecule has 2 saturated heterocycles. The van der Waals surface area contributed by atoms with Crippen LogP contribution in [0.4, 0.5) is 0 Å². The van der Waals surface area contributed by atoms with E-state index in [2.05, 4.69) is 47.2 Å². The molecular formula is C24H33N3O3. The van der Waals surface area contributed by atoms with Crippen molar-refractivity contribution in [3.8, 4) is 0 Å². The molecule has 6 nitrogen and oxygen atoms in total. The second kappa shape index (κ2) is 9.77. The Balaban J connectivity index is 1.30. The van der Waals surface area contributed by atoms with Crippen LogP contribution in [0.25, 0.3) is 0 Å². The van der Waals surface area contributed by atoms with Gasteiger partial charge in [-0.1, -0.05) is 30.3 Å². The fraction of sp³-hybridized carbons (Fsp3) is 0.542. The minimum Gasteiger partial charge on any atom is -0.454 e. The van der Waals surface area contributed by atoms with Crippen LogP contribution in [-0.4, -0.2) is 73.1 Å². The summed E-state index contributed by atoms with van der Waals surface area (Å²) in [4.78, 5) is 19.8. The minimum atomic E-state index is 0.0323. The van der Waals surface area contributed by atoms with Crippen LogP contribution in [0.2, 0.25) is 0 Å². The lowest BCUT2D eigenvalue weighted by atomic mass is 10.0. The summed E-state index contributed by atoms with van der Waals surface area (Å²) < 4.78 is 11.4. The van der Waals surface area contributed by atoms with Gasteiger partial charge in [0.25, 0.3) is 5.91 Å². The number of morpholine rings is 1. The summed E-state index contributed by atoms with van der Waals surface area (Å²) in [5.41, 5.74) is 2.27. The van der Waals surface area contributed by atoms with Gasteiger partial charge in [0.05, 0.1) is 19.8 Å². The zero-order chi connectivity index (χ0) is 20.9. The van der Waals surface area contributed by atoms with Crippen molar-refractivity contribution in [2.75, 3.05) is 46.4 Å². The van der Waals surface area contributed by atoms with Crippen LogP contribution in [-0.2, 0) is 17.8 Å². The first-order valence-corrected chi connectivity index (χ1v) is 11.0. The van der Waals surface area contributed by atoms with Crippen molar-refractivity contribution >= 4 is 5.91 Å². The van der Waals surface area contributed by atoms with Crippen molar-refractivity contribution in [2.24, 2.45) is 0 Å². The molecule has 2 fully saturated rings. The lowest BCUT2D eigenvalue weighted by Gasteiger charge is -2.36. The second-order valence-electron chi connectivity index (χ2n) is 8.54. The van der Waals surface area contributed by atoms with Crippen LogP contribution in [0.1, 0.15) is 40.3 Å². The molecule has 3 heterocycles. The van der Waals surface area contributed by atoms with Crippen LogP contribution in [0.5, 0.6) is 0 Å². The van der Waals surface area contributed by atoms with Crippen LogP contribution in [0.15, 0.2) is 40.8 Å². The van der Waals surface area contributed by atoms with E-state index < -0.39 is 0 Å². The number of carbonyl (C=O) groups excluding carboxylic acids is 1. The Morgan fingerprint density at radius 1 is 1.10 bits per heavy atom. The van der Waals surface area contributed by atoms with Gasteiger partial charge < -0.3 is 14.1 Å². The summed E-state index contributed by atoms with van der Waals surface area (Å²) in [5.74, 6) is 1.41. The molecule has 2 aliphatic heterocycles. The fourth-order valence-corrected chi connectivity index (χ4v) is 4.47. The van der Waals surface area contributed by atoms with E-state index in [1.807, 2.05) is 17.9 Å². The molecule has 1 aromatic carbocycles. The van der Waals surface area contributed by atoms with Crippen LogP contribution in [0.3, 0.4) is 0 Å². The topological polar surface area (TPSA) is 49.2 Å². The van der Waals surface area contributed by atoms with E-state index in [1.165, 1.54) is 5.56 Å². The number of nitrogens with zero attached hydrogens (tertiary/aromatic N) is 3. The third-order valence-electron chi connectivity index (χ3n) is 6.30. The zero-order valence-corrected chi connectivity index (χ0v) is 18.2. The standard InChI is InChI=1S/C24H33N3O3/c1-19-16-22(18-26-12-14-29-15-13-26)30-23(19)24(28)27-10-8-21(9-11-27)25(2)17-20-6-4-3-5-7-20/h3-7,16,21H,8-15,17-18H2,1-2H3. The number of ether oxygens (including phenoxy) is 1. The fourth-order valence-electron chi connectivity index (χ4n) is 4.47. The number of benzene rings is 1. The maximum Gasteiger partial charge on any atom is 0.289 e. The molecule has 2 aromatic rings. The molecule has 0 aliphatic carbocycles. The Bertz CT molecular complexity index is 821. The average Bonchev–Trinajstić information content (AvgIpc) is 3.14. The Morgan fingerprint density at radius 3 is 2.50 bits per heavy atom. The van der Waals surface area contributed by atoms with E-state index in [0.29, 0.717) is 11.8 Å². The molecule has 1 aromatic heterocycles. The number of hydrogen-bond acceptors (Lipinski definition) is 5. The summed E-state index contributed by atoms with van der Waals surface area (Å²) >= 11 is 0. The number of piperidine rings is 1. The molecule has 1 amide bonds. The minimum absolute atomic E-state index is 0.0323. The molecule has 0 saturated carbocycles. The van der Waals surface area contributed by atoms with Crippen LogP contribution in [0, 0.1) is 6.92 Å². The zero-order valence-electron chi connectivity index (χ0n) is 18.2. The molecule has 6 heteroatoms. The maximum absolute atomic E-state index is 13.1. The molecule has 0 bridgehead atoms. The van der Waals surface area contributed by atoms with Crippen molar-refractivity contribution < 1.29 is 13.9 Å². The van der Waals surface area contributed by atoms with E-state index in [-0.39, 0.29) is 5.91 Å². The highest BCUT2D eigenvalue weighted by Gasteiger charge is 2.28. The number of amides is 1. The maximum atomic E-state index is 13.1. The monoisotopic (exact) mass is 411 g/mol. The summed E-state index contributed by atoms with van der Waals surface area (Å²) in [7, 11) is 2.18. The predicted octanol–water partition coefficient (Wildman–Crippen LogP) is 3.16. The SMILES string of the molecule is Cc1cc(CN2CCOCC2)oc1C(=O)N1CCC(N(C)Cc2ccccc2)CC1. The van der Waals surface area contributed by atoms with Gasteiger partial charge in [-0.15, -0.1) is 0 Å². The Hall–Kier alpha value is -2.15.